The molecule has 0 spiro atoms. The maximum atomic E-state index is 12.5. The Kier molecular flexibility index (Phi) is 4.84. The van der Waals surface area contributed by atoms with Crippen LogP contribution in [0, 0.1) is 5.92 Å². The van der Waals surface area contributed by atoms with E-state index in [2.05, 4.69) is 39.2 Å². The van der Waals surface area contributed by atoms with Crippen molar-refractivity contribution in [1.82, 2.24) is 24.7 Å². The van der Waals surface area contributed by atoms with Gasteiger partial charge in [0, 0.05) is 0 Å². The fourth-order valence-electron chi connectivity index (χ4n) is 3.54. The van der Waals surface area contributed by atoms with Gasteiger partial charge in [0.05, 0.1) is 22.9 Å². The monoisotopic (exact) mass is 398 g/mol. The average molecular weight is 398 g/mol. The zero-order valence-corrected chi connectivity index (χ0v) is 16.6. The maximum Gasteiger partial charge on any atom is 0.178 e. The van der Waals surface area contributed by atoms with Crippen molar-refractivity contribution in [2.75, 3.05) is 11.1 Å². The third-order valence-corrected chi connectivity index (χ3v) is 6.84. The zero-order chi connectivity index (χ0) is 19.7. The summed E-state index contributed by atoms with van der Waals surface area (Å²) in [5.41, 5.74) is 2.50. The van der Waals surface area contributed by atoms with Crippen LogP contribution in [0.5, 0.6) is 0 Å². The first-order chi connectivity index (χ1) is 13.5. The van der Waals surface area contributed by atoms with Crippen LogP contribution in [0.3, 0.4) is 0 Å². The highest BCUT2D eigenvalue weighted by molar-refractivity contribution is 7.91. The summed E-state index contributed by atoms with van der Waals surface area (Å²) in [6.45, 7) is 4.17. The third-order valence-electron chi connectivity index (χ3n) is 4.96. The van der Waals surface area contributed by atoms with E-state index in [1.54, 1.807) is 17.2 Å². The zero-order valence-electron chi connectivity index (χ0n) is 15.8. The summed E-state index contributed by atoms with van der Waals surface area (Å²) in [5.74, 6) is 1.02. The van der Waals surface area contributed by atoms with Gasteiger partial charge in [-0.05, 0) is 36.0 Å². The SMILES string of the molecule is CC(C)[C@H](Nc1ncncc1-n1cncn1)c1ccc2c(c1)S(=O)(=O)CCC2. The summed E-state index contributed by atoms with van der Waals surface area (Å²) in [4.78, 5) is 12.9. The summed E-state index contributed by atoms with van der Waals surface area (Å²) in [6.07, 6.45) is 7.65. The number of anilines is 1. The molecule has 1 aromatic carbocycles. The molecule has 9 heteroatoms. The van der Waals surface area contributed by atoms with Crippen LogP contribution >= 0.6 is 0 Å². The van der Waals surface area contributed by atoms with Crippen LogP contribution in [0.2, 0.25) is 0 Å². The van der Waals surface area contributed by atoms with E-state index in [4.69, 9.17) is 0 Å². The second-order valence-electron chi connectivity index (χ2n) is 7.25. The van der Waals surface area contributed by atoms with Crippen molar-refractivity contribution in [1.29, 1.82) is 0 Å². The Morgan fingerprint density at radius 1 is 1.18 bits per heavy atom. The fraction of sp³-hybridized carbons (Fsp3) is 0.368. The number of nitrogens with zero attached hydrogens (tertiary/aromatic N) is 5. The summed E-state index contributed by atoms with van der Waals surface area (Å²) < 4.78 is 26.6. The van der Waals surface area contributed by atoms with Gasteiger partial charge in [0.15, 0.2) is 15.7 Å². The van der Waals surface area contributed by atoms with Gasteiger partial charge in [0.1, 0.15) is 24.7 Å². The molecule has 1 aliphatic heterocycles. The molecule has 2 aromatic heterocycles. The summed E-state index contributed by atoms with van der Waals surface area (Å²) >= 11 is 0. The largest absolute Gasteiger partial charge is 0.361 e. The molecule has 0 saturated carbocycles. The molecule has 0 aliphatic carbocycles. The maximum absolute atomic E-state index is 12.5. The quantitative estimate of drug-likeness (QED) is 0.704. The molecule has 8 nitrogen and oxygen atoms in total. The average Bonchev–Trinajstić information content (AvgIpc) is 3.20. The number of benzene rings is 1. The van der Waals surface area contributed by atoms with Crippen molar-refractivity contribution in [3.05, 3.63) is 54.5 Å². The number of fused-ring (bicyclic) bond motifs is 1. The minimum absolute atomic E-state index is 0.125. The van der Waals surface area contributed by atoms with Crippen LogP contribution in [0.25, 0.3) is 5.69 Å². The van der Waals surface area contributed by atoms with Crippen LogP contribution in [-0.4, -0.2) is 38.9 Å². The predicted molar refractivity (Wildman–Crippen MR) is 105 cm³/mol. The highest BCUT2D eigenvalue weighted by Gasteiger charge is 2.26. The number of hydrogen-bond donors (Lipinski definition) is 1. The molecule has 0 saturated heterocycles. The molecule has 3 aromatic rings. The topological polar surface area (TPSA) is 103 Å². The first-order valence-corrected chi connectivity index (χ1v) is 10.9. The molecule has 1 aliphatic rings. The van der Waals surface area contributed by atoms with E-state index < -0.39 is 9.84 Å². The van der Waals surface area contributed by atoms with Crippen molar-refractivity contribution in [3.8, 4) is 5.69 Å². The number of sulfone groups is 1. The van der Waals surface area contributed by atoms with E-state index in [1.807, 2.05) is 18.2 Å². The molecule has 0 radical (unpaired) electrons. The standard InChI is InChI=1S/C19H22N6O2S/c1-13(2)18(15-6-5-14-4-3-7-28(26,27)17(14)8-15)24-19-16(9-20-10-22-19)25-12-21-11-23-25/h5-6,8-13,18H,3-4,7H2,1-2H3,(H,20,22,24)/t18-/m0/s1. The first kappa shape index (κ1) is 18.5. The van der Waals surface area contributed by atoms with E-state index in [1.165, 1.54) is 12.7 Å². The molecule has 0 fully saturated rings. The second kappa shape index (κ2) is 7.31. The lowest BCUT2D eigenvalue weighted by Crippen LogP contribution is -2.21. The van der Waals surface area contributed by atoms with E-state index in [0.717, 1.165) is 17.5 Å². The molecule has 0 bridgehead atoms. The van der Waals surface area contributed by atoms with Gasteiger partial charge in [-0.2, -0.15) is 5.10 Å². The van der Waals surface area contributed by atoms with Crippen molar-refractivity contribution in [3.63, 3.8) is 0 Å². The lowest BCUT2D eigenvalue weighted by atomic mass is 9.94. The van der Waals surface area contributed by atoms with Crippen LogP contribution in [-0.2, 0) is 16.3 Å². The fourth-order valence-corrected chi connectivity index (χ4v) is 5.17. The van der Waals surface area contributed by atoms with Crippen LogP contribution in [0.4, 0.5) is 5.82 Å². The summed E-state index contributed by atoms with van der Waals surface area (Å²) in [6, 6.07) is 5.64. The van der Waals surface area contributed by atoms with Crippen LogP contribution < -0.4 is 5.32 Å². The van der Waals surface area contributed by atoms with Gasteiger partial charge in [-0.15, -0.1) is 0 Å². The molecular formula is C19H22N6O2S. The van der Waals surface area contributed by atoms with Crippen LogP contribution in [0.1, 0.15) is 37.4 Å². The van der Waals surface area contributed by atoms with Gasteiger partial charge in [0.25, 0.3) is 0 Å². The number of aryl methyl sites for hydroxylation is 1. The molecule has 28 heavy (non-hydrogen) atoms. The molecule has 0 amide bonds. The van der Waals surface area contributed by atoms with Crippen molar-refractivity contribution in [2.45, 2.75) is 37.6 Å². The summed E-state index contributed by atoms with van der Waals surface area (Å²) in [7, 11) is -3.22. The van der Waals surface area contributed by atoms with Crippen molar-refractivity contribution >= 4 is 15.7 Å². The first-order valence-electron chi connectivity index (χ1n) is 9.23. The van der Waals surface area contributed by atoms with Gasteiger partial charge in [-0.25, -0.2) is 28.1 Å². The Labute approximate surface area is 164 Å². The molecule has 146 valence electrons. The van der Waals surface area contributed by atoms with Gasteiger partial charge in [-0.3, -0.25) is 0 Å². The van der Waals surface area contributed by atoms with Crippen molar-refractivity contribution < 1.29 is 8.42 Å². The Hall–Kier alpha value is -2.81. The molecule has 0 unspecified atom stereocenters. The van der Waals surface area contributed by atoms with Gasteiger partial charge in [-0.1, -0.05) is 26.0 Å². The number of rotatable bonds is 5. The molecule has 3 heterocycles. The molecule has 4 rings (SSSR count). The molecular weight excluding hydrogens is 376 g/mol. The van der Waals surface area contributed by atoms with E-state index in [9.17, 15) is 8.42 Å². The Bertz CT molecular complexity index is 1080. The smallest absolute Gasteiger partial charge is 0.178 e. The molecule has 1 atom stereocenters. The minimum Gasteiger partial charge on any atom is -0.361 e. The van der Waals surface area contributed by atoms with Crippen LogP contribution in [0.15, 0.2) is 48.3 Å². The number of nitrogens with one attached hydrogen (secondary N) is 1. The number of aromatic nitrogens is 5. The normalized spacial score (nSPS) is 16.5. The van der Waals surface area contributed by atoms with E-state index in [0.29, 0.717) is 22.8 Å². The van der Waals surface area contributed by atoms with Gasteiger partial charge < -0.3 is 5.32 Å². The highest BCUT2D eigenvalue weighted by atomic mass is 32.2. The predicted octanol–water partition coefficient (Wildman–Crippen LogP) is 2.59. The van der Waals surface area contributed by atoms with E-state index in [-0.39, 0.29) is 17.7 Å². The highest BCUT2D eigenvalue weighted by Crippen LogP contribution is 2.32. The Morgan fingerprint density at radius 2 is 2.04 bits per heavy atom. The van der Waals surface area contributed by atoms with E-state index >= 15 is 0 Å². The lowest BCUT2D eigenvalue weighted by Gasteiger charge is -2.26. The third kappa shape index (κ3) is 3.49. The lowest BCUT2D eigenvalue weighted by molar-refractivity contribution is 0.541. The Morgan fingerprint density at radius 3 is 2.79 bits per heavy atom. The van der Waals surface area contributed by atoms with Gasteiger partial charge >= 0.3 is 0 Å². The van der Waals surface area contributed by atoms with Crippen molar-refractivity contribution in [2.24, 2.45) is 5.92 Å². The second-order valence-corrected chi connectivity index (χ2v) is 9.33. The van der Waals surface area contributed by atoms with Gasteiger partial charge in [0.2, 0.25) is 0 Å². The summed E-state index contributed by atoms with van der Waals surface area (Å²) in [5, 5.41) is 7.61. The number of hydrogen-bond acceptors (Lipinski definition) is 7. The minimum atomic E-state index is -3.22. The molecule has 1 N–H and O–H groups in total. The Balaban J connectivity index is 1.73.